The summed E-state index contributed by atoms with van der Waals surface area (Å²) < 4.78 is 5.28. The van der Waals surface area contributed by atoms with Gasteiger partial charge in [0.2, 0.25) is 0 Å². The molecule has 0 aliphatic carbocycles. The lowest BCUT2D eigenvalue weighted by atomic mass is 10.2. The predicted molar refractivity (Wildman–Crippen MR) is 105 cm³/mol. The maximum Gasteiger partial charge on any atom is 0.336 e. The van der Waals surface area contributed by atoms with Crippen molar-refractivity contribution in [3.63, 3.8) is 0 Å². The first-order valence-electron chi connectivity index (χ1n) is 8.19. The first kappa shape index (κ1) is 17.2. The third-order valence-corrected chi connectivity index (χ3v) is 3.49. The van der Waals surface area contributed by atoms with Gasteiger partial charge in [0.25, 0.3) is 0 Å². The van der Waals surface area contributed by atoms with Crippen molar-refractivity contribution < 1.29 is 9.53 Å². The van der Waals surface area contributed by atoms with Gasteiger partial charge in [-0.3, -0.25) is 5.43 Å². The number of carbonyl (C=O) groups excluding carboxylic acids is 1. The van der Waals surface area contributed by atoms with Crippen molar-refractivity contribution in [3.05, 3.63) is 102 Å². The average molecular weight is 342 g/mol. The summed E-state index contributed by atoms with van der Waals surface area (Å²) >= 11 is 0. The molecule has 0 aliphatic heterocycles. The predicted octanol–water partition coefficient (Wildman–Crippen LogP) is 4.75. The fraction of sp³-hybridized carbons (Fsp3) is 0. The van der Waals surface area contributed by atoms with Gasteiger partial charge < -0.3 is 4.74 Å². The number of hydrogen-bond donors (Lipinski definition) is 1. The van der Waals surface area contributed by atoms with E-state index in [1.54, 1.807) is 24.4 Å². The van der Waals surface area contributed by atoms with Crippen molar-refractivity contribution in [3.8, 4) is 5.75 Å². The summed E-state index contributed by atoms with van der Waals surface area (Å²) in [6.07, 6.45) is 4.83. The molecule has 4 heteroatoms. The number of rotatable bonds is 6. The topological polar surface area (TPSA) is 50.7 Å². The monoisotopic (exact) mass is 342 g/mol. The van der Waals surface area contributed by atoms with Crippen molar-refractivity contribution in [1.82, 2.24) is 0 Å². The zero-order valence-electron chi connectivity index (χ0n) is 14.1. The van der Waals surface area contributed by atoms with E-state index in [1.165, 1.54) is 6.08 Å². The fourth-order valence-corrected chi connectivity index (χ4v) is 2.19. The van der Waals surface area contributed by atoms with E-state index < -0.39 is 5.97 Å². The van der Waals surface area contributed by atoms with Gasteiger partial charge in [-0.2, -0.15) is 5.10 Å². The Hall–Kier alpha value is -3.66. The third kappa shape index (κ3) is 5.46. The Bertz CT molecular complexity index is 886. The number of hydrazone groups is 1. The van der Waals surface area contributed by atoms with E-state index in [4.69, 9.17) is 4.74 Å². The summed E-state index contributed by atoms with van der Waals surface area (Å²) in [5.41, 5.74) is 5.71. The van der Waals surface area contributed by atoms with E-state index in [2.05, 4.69) is 10.5 Å². The number of hydrogen-bond acceptors (Lipinski definition) is 4. The fourth-order valence-electron chi connectivity index (χ4n) is 2.19. The van der Waals surface area contributed by atoms with Gasteiger partial charge in [0, 0.05) is 6.08 Å². The Morgan fingerprint density at radius 2 is 1.46 bits per heavy atom. The Labute approximate surface area is 152 Å². The second-order valence-corrected chi connectivity index (χ2v) is 5.47. The maximum absolute atomic E-state index is 11.9. The summed E-state index contributed by atoms with van der Waals surface area (Å²) in [5.74, 6) is 0.0712. The molecule has 1 N–H and O–H groups in total. The normalized spacial score (nSPS) is 10.9. The van der Waals surface area contributed by atoms with E-state index in [0.29, 0.717) is 5.75 Å². The summed E-state index contributed by atoms with van der Waals surface area (Å²) in [7, 11) is 0. The Morgan fingerprint density at radius 1 is 0.808 bits per heavy atom. The van der Waals surface area contributed by atoms with Crippen LogP contribution in [0, 0.1) is 0 Å². The molecule has 3 rings (SSSR count). The maximum atomic E-state index is 11.9. The van der Waals surface area contributed by atoms with Crippen molar-refractivity contribution in [2.75, 3.05) is 5.43 Å². The highest BCUT2D eigenvalue weighted by Crippen LogP contribution is 2.12. The number of esters is 1. The van der Waals surface area contributed by atoms with Crippen molar-refractivity contribution in [2.24, 2.45) is 5.10 Å². The molecular weight excluding hydrogens is 324 g/mol. The molecule has 0 aliphatic rings. The highest BCUT2D eigenvalue weighted by molar-refractivity contribution is 5.89. The van der Waals surface area contributed by atoms with Crippen molar-refractivity contribution >= 4 is 23.9 Å². The van der Waals surface area contributed by atoms with Crippen LogP contribution in [0.5, 0.6) is 5.75 Å². The molecular formula is C22H18N2O2. The van der Waals surface area contributed by atoms with Crippen LogP contribution < -0.4 is 10.2 Å². The van der Waals surface area contributed by atoms with Crippen LogP contribution in [-0.2, 0) is 4.79 Å². The summed E-state index contributed by atoms with van der Waals surface area (Å²) in [6, 6.07) is 26.4. The first-order valence-corrected chi connectivity index (χ1v) is 8.19. The highest BCUT2D eigenvalue weighted by Gasteiger charge is 2.00. The second-order valence-electron chi connectivity index (χ2n) is 5.47. The molecule has 128 valence electrons. The third-order valence-electron chi connectivity index (χ3n) is 3.49. The molecule has 0 saturated heterocycles. The molecule has 0 radical (unpaired) electrons. The van der Waals surface area contributed by atoms with Gasteiger partial charge in [0.15, 0.2) is 0 Å². The van der Waals surface area contributed by atoms with Crippen LogP contribution in [0.1, 0.15) is 11.1 Å². The number of ether oxygens (including phenoxy) is 1. The van der Waals surface area contributed by atoms with Gasteiger partial charge in [0.1, 0.15) is 5.75 Å². The lowest BCUT2D eigenvalue weighted by Crippen LogP contribution is -2.03. The largest absolute Gasteiger partial charge is 0.423 e. The molecule has 3 aromatic carbocycles. The van der Waals surface area contributed by atoms with Crippen LogP contribution in [0.25, 0.3) is 6.08 Å². The van der Waals surface area contributed by atoms with Crippen LogP contribution in [0.4, 0.5) is 5.69 Å². The number of para-hydroxylation sites is 1. The van der Waals surface area contributed by atoms with Crippen molar-refractivity contribution in [2.45, 2.75) is 0 Å². The molecule has 0 unspecified atom stereocenters. The number of nitrogens with zero attached hydrogens (tertiary/aromatic N) is 1. The Morgan fingerprint density at radius 3 is 2.15 bits per heavy atom. The van der Waals surface area contributed by atoms with E-state index in [0.717, 1.165) is 16.8 Å². The average Bonchev–Trinajstić information content (AvgIpc) is 2.69. The van der Waals surface area contributed by atoms with Gasteiger partial charge in [-0.05, 0) is 53.6 Å². The van der Waals surface area contributed by atoms with Crippen LogP contribution in [0.3, 0.4) is 0 Å². The number of nitrogens with one attached hydrogen (secondary N) is 1. The molecule has 0 fully saturated rings. The number of benzene rings is 3. The van der Waals surface area contributed by atoms with Gasteiger partial charge in [0.05, 0.1) is 11.9 Å². The van der Waals surface area contributed by atoms with E-state index in [9.17, 15) is 4.79 Å². The lowest BCUT2D eigenvalue weighted by Gasteiger charge is -2.02. The van der Waals surface area contributed by atoms with Crippen molar-refractivity contribution in [1.29, 1.82) is 0 Å². The molecule has 0 bridgehead atoms. The SMILES string of the molecule is O=C(/C=C/c1ccccc1)Oc1ccc(/C=N/Nc2ccccc2)cc1. The minimum absolute atomic E-state index is 0.416. The Kier molecular flexibility index (Phi) is 5.94. The highest BCUT2D eigenvalue weighted by atomic mass is 16.5. The molecule has 0 saturated carbocycles. The molecule has 0 aromatic heterocycles. The Balaban J connectivity index is 1.52. The molecule has 4 nitrogen and oxygen atoms in total. The molecule has 0 spiro atoms. The first-order chi connectivity index (χ1) is 12.8. The molecule has 3 aromatic rings. The van der Waals surface area contributed by atoms with Gasteiger partial charge >= 0.3 is 5.97 Å². The van der Waals surface area contributed by atoms with E-state index >= 15 is 0 Å². The zero-order valence-corrected chi connectivity index (χ0v) is 14.1. The zero-order chi connectivity index (χ0) is 18.0. The van der Waals surface area contributed by atoms with Crippen LogP contribution in [0.15, 0.2) is 96.1 Å². The van der Waals surface area contributed by atoms with Gasteiger partial charge in [-0.1, -0.05) is 48.5 Å². The molecule has 0 amide bonds. The summed E-state index contributed by atoms with van der Waals surface area (Å²) in [6.45, 7) is 0. The van der Waals surface area contributed by atoms with Crippen LogP contribution in [0.2, 0.25) is 0 Å². The number of carbonyl (C=O) groups is 1. The quantitative estimate of drug-likeness (QED) is 0.231. The van der Waals surface area contributed by atoms with Gasteiger partial charge in [-0.25, -0.2) is 4.79 Å². The lowest BCUT2D eigenvalue weighted by molar-refractivity contribution is -0.128. The van der Waals surface area contributed by atoms with Crippen LogP contribution >= 0.6 is 0 Å². The minimum atomic E-state index is -0.416. The van der Waals surface area contributed by atoms with Gasteiger partial charge in [-0.15, -0.1) is 0 Å². The smallest absolute Gasteiger partial charge is 0.336 e. The number of anilines is 1. The van der Waals surface area contributed by atoms with Crippen LogP contribution in [-0.4, -0.2) is 12.2 Å². The summed E-state index contributed by atoms with van der Waals surface area (Å²) in [4.78, 5) is 11.9. The van der Waals surface area contributed by atoms with E-state index in [1.807, 2.05) is 72.8 Å². The molecule has 0 heterocycles. The minimum Gasteiger partial charge on any atom is -0.423 e. The molecule has 0 atom stereocenters. The second kappa shape index (κ2) is 8.99. The molecule has 26 heavy (non-hydrogen) atoms. The van der Waals surface area contributed by atoms with E-state index in [-0.39, 0.29) is 0 Å². The standard InChI is InChI=1S/C22H18N2O2/c25-22(16-13-18-7-3-1-4-8-18)26-21-14-11-19(12-15-21)17-23-24-20-9-5-2-6-10-20/h1-17,24H/b16-13+,23-17+. The summed E-state index contributed by atoms with van der Waals surface area (Å²) in [5, 5.41) is 4.17.